The molecule has 5 rings (SSSR count). The number of hydrogen-bond donors (Lipinski definition) is 2. The number of nitrogens with zero attached hydrogens (tertiary/aromatic N) is 2. The lowest BCUT2D eigenvalue weighted by Gasteiger charge is -2.18. The van der Waals surface area contributed by atoms with E-state index in [1.54, 1.807) is 24.3 Å². The summed E-state index contributed by atoms with van der Waals surface area (Å²) < 4.78 is 48.2. The zero-order valence-corrected chi connectivity index (χ0v) is 23.8. The number of sulfone groups is 1. The highest BCUT2D eigenvalue weighted by Crippen LogP contribution is 2.32. The van der Waals surface area contributed by atoms with Crippen LogP contribution in [0.2, 0.25) is 5.02 Å². The monoisotopic (exact) mass is 594 g/mol. The number of fused-ring (bicyclic) bond motifs is 1. The van der Waals surface area contributed by atoms with Gasteiger partial charge in [-0.1, -0.05) is 23.7 Å². The molecule has 1 atom stereocenters. The van der Waals surface area contributed by atoms with Crippen LogP contribution in [0.5, 0.6) is 5.75 Å². The number of rotatable bonds is 11. The maximum Gasteiger partial charge on any atom is 0.156 e. The summed E-state index contributed by atoms with van der Waals surface area (Å²) in [6.07, 6.45) is 2.70. The summed E-state index contributed by atoms with van der Waals surface area (Å²) in [6.45, 7) is 1.04. The first kappa shape index (κ1) is 28.5. The van der Waals surface area contributed by atoms with Crippen LogP contribution in [0.4, 0.5) is 15.9 Å². The van der Waals surface area contributed by atoms with E-state index in [1.807, 2.05) is 36.4 Å². The molecule has 3 aromatic carbocycles. The van der Waals surface area contributed by atoms with Crippen LogP contribution >= 0.6 is 11.6 Å². The Kier molecular flexibility index (Phi) is 8.53. The number of furan rings is 1. The fourth-order valence-corrected chi connectivity index (χ4v) is 5.12. The van der Waals surface area contributed by atoms with Crippen LogP contribution < -0.4 is 15.0 Å². The average molecular weight is 595 g/mol. The second-order valence-corrected chi connectivity index (χ2v) is 12.4. The minimum atomic E-state index is -3.05. The van der Waals surface area contributed by atoms with Crippen molar-refractivity contribution >= 4 is 43.8 Å². The number of benzene rings is 3. The first-order valence-corrected chi connectivity index (χ1v) is 15.2. The van der Waals surface area contributed by atoms with Gasteiger partial charge in [0.05, 0.1) is 22.8 Å². The first-order valence-electron chi connectivity index (χ1n) is 12.7. The third-order valence-corrected chi connectivity index (χ3v) is 7.55. The summed E-state index contributed by atoms with van der Waals surface area (Å²) >= 11 is 6.48. The first-order chi connectivity index (χ1) is 19.6. The van der Waals surface area contributed by atoms with E-state index in [0.717, 1.165) is 21.4 Å². The maximum atomic E-state index is 13.4. The normalized spacial score (nSPS) is 12.4. The number of halogens is 2. The van der Waals surface area contributed by atoms with Crippen molar-refractivity contribution in [2.45, 2.75) is 13.2 Å². The van der Waals surface area contributed by atoms with Gasteiger partial charge < -0.3 is 19.4 Å². The van der Waals surface area contributed by atoms with Crippen LogP contribution in [-0.4, -0.2) is 36.9 Å². The molecular formula is C30H28ClFN4O4S. The molecular weight excluding hydrogens is 567 g/mol. The van der Waals surface area contributed by atoms with Crippen molar-refractivity contribution in [1.29, 1.82) is 0 Å². The van der Waals surface area contributed by atoms with Crippen LogP contribution in [0.25, 0.3) is 22.2 Å². The van der Waals surface area contributed by atoms with Gasteiger partial charge in [-0.2, -0.15) is 7.05 Å². The van der Waals surface area contributed by atoms with Gasteiger partial charge in [-0.15, -0.1) is 0 Å². The Morgan fingerprint density at radius 1 is 1.07 bits per heavy atom. The van der Waals surface area contributed by atoms with E-state index in [0.29, 0.717) is 52.5 Å². The Morgan fingerprint density at radius 3 is 2.71 bits per heavy atom. The Bertz CT molecular complexity index is 1790. The highest BCUT2D eigenvalue weighted by Gasteiger charge is 2.13. The van der Waals surface area contributed by atoms with Gasteiger partial charge in [0, 0.05) is 22.9 Å². The second kappa shape index (κ2) is 12.3. The molecule has 212 valence electrons. The molecule has 0 bridgehead atoms. The molecule has 1 unspecified atom stereocenters. The number of quaternary nitrogens is 1. The Hall–Kier alpha value is -3.99. The number of nitrogens with one attached hydrogen (secondary N) is 2. The van der Waals surface area contributed by atoms with Crippen LogP contribution in [0.3, 0.4) is 0 Å². The van der Waals surface area contributed by atoms with Crippen LogP contribution in [0, 0.1) is 12.9 Å². The lowest BCUT2D eigenvalue weighted by atomic mass is 10.1. The third-order valence-electron chi connectivity index (χ3n) is 6.31. The summed E-state index contributed by atoms with van der Waals surface area (Å²) in [7, 11) is 0.936. The Balaban J connectivity index is 1.30. The lowest BCUT2D eigenvalue weighted by molar-refractivity contribution is -0.866. The van der Waals surface area contributed by atoms with Gasteiger partial charge in [0.15, 0.2) is 15.6 Å². The molecule has 0 spiro atoms. The van der Waals surface area contributed by atoms with Crippen molar-refractivity contribution in [1.82, 2.24) is 9.97 Å². The highest BCUT2D eigenvalue weighted by molar-refractivity contribution is 7.90. The van der Waals surface area contributed by atoms with E-state index in [2.05, 4.69) is 22.3 Å². The molecule has 0 aliphatic rings. The molecule has 0 aliphatic heterocycles. The molecule has 2 heterocycles. The minimum Gasteiger partial charge on any atom is -0.487 e. The standard InChI is InChI=1S/C30H28ClFN4O4S/c1-36(12-13-41(2,37)38)17-24-8-11-28(40-24)21-6-9-27-25(15-21)30(34-19-33-27)35-23-7-10-29(26(31)16-23)39-18-20-4-3-5-22(32)14-20/h3-11,14-16,19,36H,1,12-13,17-18H2,2H3,(H,33,34,35). The highest BCUT2D eigenvalue weighted by atomic mass is 35.5. The minimum absolute atomic E-state index is 0.0652. The van der Waals surface area contributed by atoms with Gasteiger partial charge in [0.1, 0.15) is 42.6 Å². The van der Waals surface area contributed by atoms with Crippen LogP contribution in [0.1, 0.15) is 11.3 Å². The summed E-state index contributed by atoms with van der Waals surface area (Å²) in [5.41, 5.74) is 2.98. The number of anilines is 2. The van der Waals surface area contributed by atoms with Gasteiger partial charge in [-0.05, 0) is 66.2 Å². The molecule has 0 saturated carbocycles. The summed E-state index contributed by atoms with van der Waals surface area (Å²) in [5.74, 6) is 2.17. The number of aromatic nitrogens is 2. The van der Waals surface area contributed by atoms with Crippen molar-refractivity contribution in [3.63, 3.8) is 0 Å². The summed E-state index contributed by atoms with van der Waals surface area (Å²) in [6, 6.07) is 21.0. The topological polar surface area (TPSA) is 98.8 Å². The lowest BCUT2D eigenvalue weighted by Crippen LogP contribution is -3.06. The van der Waals surface area contributed by atoms with E-state index in [1.165, 1.54) is 24.7 Å². The largest absolute Gasteiger partial charge is 0.487 e. The molecule has 5 aromatic rings. The smallest absolute Gasteiger partial charge is 0.156 e. The zero-order valence-electron chi connectivity index (χ0n) is 22.2. The molecule has 0 radical (unpaired) electrons. The molecule has 2 aromatic heterocycles. The molecule has 11 heteroatoms. The predicted molar refractivity (Wildman–Crippen MR) is 157 cm³/mol. The van der Waals surface area contributed by atoms with Crippen LogP contribution in [-0.2, 0) is 23.0 Å². The van der Waals surface area contributed by atoms with Crippen molar-refractivity contribution < 1.29 is 26.9 Å². The summed E-state index contributed by atoms with van der Waals surface area (Å²) in [4.78, 5) is 9.60. The molecule has 0 saturated heterocycles. The number of ether oxygens (including phenoxy) is 1. The Morgan fingerprint density at radius 2 is 1.93 bits per heavy atom. The van der Waals surface area contributed by atoms with Crippen molar-refractivity contribution in [2.75, 3.05) is 23.9 Å². The number of hydrogen-bond acceptors (Lipinski definition) is 7. The van der Waals surface area contributed by atoms with E-state index in [-0.39, 0.29) is 18.2 Å². The van der Waals surface area contributed by atoms with Crippen molar-refractivity contribution in [3.05, 3.63) is 108 Å². The van der Waals surface area contributed by atoms with E-state index in [9.17, 15) is 12.8 Å². The van der Waals surface area contributed by atoms with Gasteiger partial charge in [-0.25, -0.2) is 22.8 Å². The fraction of sp³-hybridized carbons (Fsp3) is 0.167. The molecule has 41 heavy (non-hydrogen) atoms. The molecule has 2 N–H and O–H groups in total. The molecule has 0 amide bonds. The van der Waals surface area contributed by atoms with Gasteiger partial charge in [0.2, 0.25) is 0 Å². The van der Waals surface area contributed by atoms with Gasteiger partial charge >= 0.3 is 0 Å². The quantitative estimate of drug-likeness (QED) is 0.202. The third kappa shape index (κ3) is 7.60. The maximum absolute atomic E-state index is 13.4. The second-order valence-electron chi connectivity index (χ2n) is 9.72. The Labute approximate surface area is 242 Å². The van der Waals surface area contributed by atoms with Gasteiger partial charge in [-0.3, -0.25) is 0 Å². The van der Waals surface area contributed by atoms with Gasteiger partial charge in [0.25, 0.3) is 0 Å². The van der Waals surface area contributed by atoms with E-state index in [4.69, 9.17) is 20.8 Å². The average Bonchev–Trinajstić information content (AvgIpc) is 3.39. The fourth-order valence-electron chi connectivity index (χ4n) is 4.22. The molecule has 8 nitrogen and oxygen atoms in total. The zero-order chi connectivity index (χ0) is 29.0. The molecule has 0 fully saturated rings. The van der Waals surface area contributed by atoms with Crippen LogP contribution in [0.15, 0.2) is 83.5 Å². The van der Waals surface area contributed by atoms with Crippen molar-refractivity contribution in [2.24, 2.45) is 0 Å². The SMILES string of the molecule is [CH2-][NH+](CCS(C)(=O)=O)Cc1ccc(-c2ccc3ncnc(Nc4ccc(OCc5cccc(F)c5)c(Cl)c4)c3c2)o1. The molecule has 0 aliphatic carbocycles. The van der Waals surface area contributed by atoms with E-state index < -0.39 is 9.84 Å². The van der Waals surface area contributed by atoms with E-state index >= 15 is 0 Å². The summed E-state index contributed by atoms with van der Waals surface area (Å²) in [5, 5.41) is 4.48. The predicted octanol–water partition coefficient (Wildman–Crippen LogP) is 5.23. The van der Waals surface area contributed by atoms with Crippen molar-refractivity contribution in [3.8, 4) is 17.1 Å².